The molecule has 1 aliphatic heterocycles. The molecule has 1 rings (SSSR count). The van der Waals surface area contributed by atoms with Gasteiger partial charge in [-0.2, -0.15) is 0 Å². The van der Waals surface area contributed by atoms with Gasteiger partial charge in [-0.25, -0.2) is 4.79 Å². The van der Waals surface area contributed by atoms with E-state index in [-0.39, 0.29) is 5.91 Å². The summed E-state index contributed by atoms with van der Waals surface area (Å²) < 4.78 is 0. The van der Waals surface area contributed by atoms with E-state index in [1.165, 1.54) is 11.8 Å². The molecule has 4 heteroatoms. The molecule has 0 bridgehead atoms. The summed E-state index contributed by atoms with van der Waals surface area (Å²) in [5, 5.41) is 8.85. The maximum Gasteiger partial charge on any atom is 0.326 e. The summed E-state index contributed by atoms with van der Waals surface area (Å²) >= 11 is 0. The van der Waals surface area contributed by atoms with Crippen molar-refractivity contribution in [2.75, 3.05) is 6.54 Å². The number of carboxylic acids is 1. The number of carboxylic acid groups (broad SMARTS) is 1. The second-order valence-electron chi connectivity index (χ2n) is 3.71. The van der Waals surface area contributed by atoms with Gasteiger partial charge in [-0.3, -0.25) is 4.79 Å². The van der Waals surface area contributed by atoms with Gasteiger partial charge in [-0.1, -0.05) is 6.92 Å². The molecule has 0 aromatic rings. The minimum Gasteiger partial charge on any atom is -0.480 e. The van der Waals surface area contributed by atoms with E-state index in [1.807, 2.05) is 6.92 Å². The maximum atomic E-state index is 11.1. The fourth-order valence-corrected chi connectivity index (χ4v) is 1.76. The summed E-state index contributed by atoms with van der Waals surface area (Å²) in [5.41, 5.74) is 0. The van der Waals surface area contributed by atoms with Crippen LogP contribution in [0.15, 0.2) is 0 Å². The molecular weight excluding hydrogens is 170 g/mol. The van der Waals surface area contributed by atoms with Crippen LogP contribution in [-0.4, -0.2) is 34.5 Å². The number of hydrogen-bond donors (Lipinski definition) is 1. The third-order valence-corrected chi connectivity index (χ3v) is 2.51. The number of likely N-dealkylation sites (tertiary alicyclic amines) is 1. The first-order chi connectivity index (χ1) is 6.02. The maximum absolute atomic E-state index is 11.1. The summed E-state index contributed by atoms with van der Waals surface area (Å²) in [6, 6.07) is -0.603. The lowest BCUT2D eigenvalue weighted by molar-refractivity contribution is -0.152. The Morgan fingerprint density at radius 2 is 2.00 bits per heavy atom. The Labute approximate surface area is 77.5 Å². The van der Waals surface area contributed by atoms with Gasteiger partial charge in [0.15, 0.2) is 0 Å². The van der Waals surface area contributed by atoms with Crippen LogP contribution in [0.2, 0.25) is 0 Å². The number of piperidine rings is 1. The molecule has 0 spiro atoms. The van der Waals surface area contributed by atoms with E-state index in [0.717, 1.165) is 6.42 Å². The van der Waals surface area contributed by atoms with Crippen molar-refractivity contribution in [3.8, 4) is 0 Å². The van der Waals surface area contributed by atoms with Gasteiger partial charge < -0.3 is 10.0 Å². The number of carbonyl (C=O) groups excluding carboxylic acids is 1. The van der Waals surface area contributed by atoms with Crippen molar-refractivity contribution in [3.63, 3.8) is 0 Å². The summed E-state index contributed by atoms with van der Waals surface area (Å²) in [5.74, 6) is -0.611. The zero-order valence-electron chi connectivity index (χ0n) is 7.99. The summed E-state index contributed by atoms with van der Waals surface area (Å²) in [6.45, 7) is 4.04. The third kappa shape index (κ3) is 2.20. The number of nitrogens with zero attached hydrogens (tertiary/aromatic N) is 1. The minimum absolute atomic E-state index is 0.140. The molecule has 0 saturated carbocycles. The number of carbonyl (C=O) groups is 2. The molecule has 2 atom stereocenters. The highest BCUT2D eigenvalue weighted by molar-refractivity contribution is 5.82. The SMILES string of the molecule is CC(=O)N1CC(C)CCC1C(=O)O. The van der Waals surface area contributed by atoms with Crippen LogP contribution in [0.1, 0.15) is 26.7 Å². The zero-order chi connectivity index (χ0) is 10.0. The van der Waals surface area contributed by atoms with Gasteiger partial charge in [-0.05, 0) is 18.8 Å². The average Bonchev–Trinajstić information content (AvgIpc) is 2.03. The summed E-state index contributed by atoms with van der Waals surface area (Å²) in [4.78, 5) is 23.4. The van der Waals surface area contributed by atoms with Gasteiger partial charge in [0.2, 0.25) is 5.91 Å². The molecule has 74 valence electrons. The van der Waals surface area contributed by atoms with Crippen LogP contribution in [0, 0.1) is 5.92 Å². The first-order valence-corrected chi connectivity index (χ1v) is 4.52. The number of hydrogen-bond acceptors (Lipinski definition) is 2. The number of rotatable bonds is 1. The predicted molar refractivity (Wildman–Crippen MR) is 47.2 cm³/mol. The van der Waals surface area contributed by atoms with E-state index in [1.54, 1.807) is 0 Å². The van der Waals surface area contributed by atoms with Crippen molar-refractivity contribution in [2.45, 2.75) is 32.7 Å². The monoisotopic (exact) mass is 185 g/mol. The minimum atomic E-state index is -0.887. The average molecular weight is 185 g/mol. The molecule has 1 fully saturated rings. The van der Waals surface area contributed by atoms with Gasteiger partial charge in [0.05, 0.1) is 0 Å². The van der Waals surface area contributed by atoms with Crippen molar-refractivity contribution in [1.82, 2.24) is 4.90 Å². The van der Waals surface area contributed by atoms with E-state index in [9.17, 15) is 9.59 Å². The van der Waals surface area contributed by atoms with Crippen LogP contribution in [-0.2, 0) is 9.59 Å². The van der Waals surface area contributed by atoms with Crippen molar-refractivity contribution in [2.24, 2.45) is 5.92 Å². The van der Waals surface area contributed by atoms with Gasteiger partial charge in [0.25, 0.3) is 0 Å². The van der Waals surface area contributed by atoms with Crippen molar-refractivity contribution in [3.05, 3.63) is 0 Å². The Morgan fingerprint density at radius 1 is 1.38 bits per heavy atom. The molecule has 4 nitrogen and oxygen atoms in total. The Kier molecular flexibility index (Phi) is 2.90. The summed E-state index contributed by atoms with van der Waals surface area (Å²) in [6.07, 6.45) is 1.47. The Balaban J connectivity index is 2.72. The Bertz CT molecular complexity index is 227. The molecule has 13 heavy (non-hydrogen) atoms. The standard InChI is InChI=1S/C9H15NO3/c1-6-3-4-8(9(12)13)10(5-6)7(2)11/h6,8H,3-5H2,1-2H3,(H,12,13). The quantitative estimate of drug-likeness (QED) is 0.654. The van der Waals surface area contributed by atoms with Crippen LogP contribution in [0.5, 0.6) is 0 Å². The second-order valence-corrected chi connectivity index (χ2v) is 3.71. The van der Waals surface area contributed by atoms with E-state index in [2.05, 4.69) is 0 Å². The second kappa shape index (κ2) is 3.77. The van der Waals surface area contributed by atoms with E-state index in [4.69, 9.17) is 5.11 Å². The predicted octanol–water partition coefficient (Wildman–Crippen LogP) is 0.718. The van der Waals surface area contributed by atoms with Gasteiger partial charge in [0, 0.05) is 13.5 Å². The van der Waals surface area contributed by atoms with Crippen molar-refractivity contribution in [1.29, 1.82) is 0 Å². The number of aliphatic carboxylic acids is 1. The highest BCUT2D eigenvalue weighted by Gasteiger charge is 2.32. The van der Waals surface area contributed by atoms with Crippen LogP contribution in [0.25, 0.3) is 0 Å². The molecule has 1 N–H and O–H groups in total. The largest absolute Gasteiger partial charge is 0.480 e. The molecule has 0 radical (unpaired) electrons. The van der Waals surface area contributed by atoms with Gasteiger partial charge in [-0.15, -0.1) is 0 Å². The van der Waals surface area contributed by atoms with E-state index >= 15 is 0 Å². The normalized spacial score (nSPS) is 28.6. The highest BCUT2D eigenvalue weighted by Crippen LogP contribution is 2.21. The lowest BCUT2D eigenvalue weighted by Crippen LogP contribution is -2.49. The van der Waals surface area contributed by atoms with Crippen LogP contribution in [0.3, 0.4) is 0 Å². The zero-order valence-corrected chi connectivity index (χ0v) is 7.99. The Morgan fingerprint density at radius 3 is 2.46 bits per heavy atom. The molecule has 1 amide bonds. The van der Waals surface area contributed by atoms with E-state index < -0.39 is 12.0 Å². The van der Waals surface area contributed by atoms with Gasteiger partial charge >= 0.3 is 5.97 Å². The fraction of sp³-hybridized carbons (Fsp3) is 0.778. The van der Waals surface area contributed by atoms with Crippen LogP contribution in [0.4, 0.5) is 0 Å². The first-order valence-electron chi connectivity index (χ1n) is 4.52. The third-order valence-electron chi connectivity index (χ3n) is 2.51. The van der Waals surface area contributed by atoms with E-state index in [0.29, 0.717) is 18.9 Å². The lowest BCUT2D eigenvalue weighted by atomic mass is 9.94. The highest BCUT2D eigenvalue weighted by atomic mass is 16.4. The number of amides is 1. The van der Waals surface area contributed by atoms with Gasteiger partial charge in [0.1, 0.15) is 6.04 Å². The van der Waals surface area contributed by atoms with Crippen molar-refractivity contribution < 1.29 is 14.7 Å². The van der Waals surface area contributed by atoms with Crippen LogP contribution >= 0.6 is 0 Å². The summed E-state index contributed by atoms with van der Waals surface area (Å²) in [7, 11) is 0. The molecule has 1 aliphatic rings. The molecule has 0 aliphatic carbocycles. The molecule has 2 unspecified atom stereocenters. The lowest BCUT2D eigenvalue weighted by Gasteiger charge is -2.35. The smallest absolute Gasteiger partial charge is 0.326 e. The molecule has 0 aromatic heterocycles. The van der Waals surface area contributed by atoms with Crippen LogP contribution < -0.4 is 0 Å². The Hall–Kier alpha value is -1.06. The molecule has 1 heterocycles. The van der Waals surface area contributed by atoms with Crippen molar-refractivity contribution >= 4 is 11.9 Å². The molecule has 0 aromatic carbocycles. The fourth-order valence-electron chi connectivity index (χ4n) is 1.76. The molecule has 1 saturated heterocycles. The molecular formula is C9H15NO3. The first kappa shape index (κ1) is 10.0. The topological polar surface area (TPSA) is 57.6 Å².